The number of likely N-dealkylation sites (N-methyl/N-ethyl adjacent to an activating group) is 1. The molecule has 1 rings (SSSR count). The van der Waals surface area contributed by atoms with Crippen LogP contribution in [0.3, 0.4) is 0 Å². The van der Waals surface area contributed by atoms with E-state index in [0.717, 1.165) is 13.1 Å². The smallest absolute Gasteiger partial charge is 0.124 e. The molecule has 0 bridgehead atoms. The van der Waals surface area contributed by atoms with Gasteiger partial charge >= 0.3 is 0 Å². The molecule has 1 aliphatic rings. The molecule has 1 aliphatic heterocycles. The highest BCUT2D eigenvalue weighted by Crippen LogP contribution is 2.19. The van der Waals surface area contributed by atoms with Gasteiger partial charge in [0.2, 0.25) is 0 Å². The summed E-state index contributed by atoms with van der Waals surface area (Å²) in [6.07, 6.45) is 4.32. The molecule has 3 nitrogen and oxygen atoms in total. The quantitative estimate of drug-likeness (QED) is 0.621. The van der Waals surface area contributed by atoms with E-state index in [-0.39, 0.29) is 0 Å². The van der Waals surface area contributed by atoms with Crippen molar-refractivity contribution in [3.05, 3.63) is 25.2 Å². The van der Waals surface area contributed by atoms with Gasteiger partial charge in [-0.15, -0.1) is 0 Å². The third kappa shape index (κ3) is 2.93. The number of hydrogen-bond acceptors (Lipinski definition) is 3. The molecule has 0 aromatic carbocycles. The van der Waals surface area contributed by atoms with Crippen molar-refractivity contribution < 1.29 is 0 Å². The summed E-state index contributed by atoms with van der Waals surface area (Å²) in [5, 5.41) is 0. The Morgan fingerprint density at radius 2 is 2.40 bits per heavy atom. The zero-order valence-corrected chi connectivity index (χ0v) is 9.65. The molecule has 0 amide bonds. The van der Waals surface area contributed by atoms with E-state index < -0.39 is 0 Å². The fraction of sp³-hybridized carbons (Fsp3) is 0.583. The van der Waals surface area contributed by atoms with Crippen molar-refractivity contribution >= 4 is 6.72 Å². The van der Waals surface area contributed by atoms with Crippen LogP contribution in [0.2, 0.25) is 0 Å². The van der Waals surface area contributed by atoms with Gasteiger partial charge in [0.05, 0.1) is 0 Å². The highest BCUT2D eigenvalue weighted by Gasteiger charge is 2.24. The van der Waals surface area contributed by atoms with Gasteiger partial charge in [-0.05, 0) is 38.8 Å². The highest BCUT2D eigenvalue weighted by atomic mass is 15.3. The van der Waals surface area contributed by atoms with Crippen LogP contribution in [0.1, 0.15) is 19.8 Å². The minimum atomic E-state index is 0.603. The molecular formula is C12H21N3. The Morgan fingerprint density at radius 1 is 1.67 bits per heavy atom. The second kappa shape index (κ2) is 5.71. The van der Waals surface area contributed by atoms with Crippen molar-refractivity contribution in [1.82, 2.24) is 9.80 Å². The summed E-state index contributed by atoms with van der Waals surface area (Å²) >= 11 is 0. The lowest BCUT2D eigenvalue weighted by molar-refractivity contribution is 0.229. The molecule has 15 heavy (non-hydrogen) atoms. The average Bonchev–Trinajstić information content (AvgIpc) is 2.71. The van der Waals surface area contributed by atoms with E-state index >= 15 is 0 Å². The lowest BCUT2D eigenvalue weighted by Gasteiger charge is -2.28. The second-order valence-electron chi connectivity index (χ2n) is 3.83. The third-order valence-corrected chi connectivity index (χ3v) is 3.05. The number of rotatable bonds is 6. The molecule has 0 N–H and O–H groups in total. The molecule has 0 radical (unpaired) electrons. The molecule has 0 saturated carbocycles. The van der Waals surface area contributed by atoms with E-state index in [1.807, 2.05) is 4.90 Å². The maximum atomic E-state index is 3.84. The zero-order chi connectivity index (χ0) is 11.3. The van der Waals surface area contributed by atoms with Crippen LogP contribution < -0.4 is 0 Å². The summed E-state index contributed by atoms with van der Waals surface area (Å²) < 4.78 is 0. The minimum Gasteiger partial charge on any atom is -0.333 e. The first kappa shape index (κ1) is 12.0. The third-order valence-electron chi connectivity index (χ3n) is 3.05. The molecule has 0 aromatic rings. The van der Waals surface area contributed by atoms with Crippen LogP contribution in [0.5, 0.6) is 0 Å². The van der Waals surface area contributed by atoms with Crippen LogP contribution in [-0.4, -0.2) is 42.2 Å². The standard InChI is InChI=1S/C12H21N3/c1-5-14-9-7-8-12(14)10-15(6-2)11(3)13-4/h6,12H,2-5,7-10H2,1H3. The van der Waals surface area contributed by atoms with Gasteiger partial charge in [0, 0.05) is 12.6 Å². The number of hydrogen-bond donors (Lipinski definition) is 0. The van der Waals surface area contributed by atoms with E-state index in [9.17, 15) is 0 Å². The van der Waals surface area contributed by atoms with Gasteiger partial charge in [-0.3, -0.25) is 4.90 Å². The lowest BCUT2D eigenvalue weighted by atomic mass is 10.2. The fourth-order valence-electron chi connectivity index (χ4n) is 2.12. The maximum absolute atomic E-state index is 3.84. The first-order valence-corrected chi connectivity index (χ1v) is 5.51. The molecular weight excluding hydrogens is 186 g/mol. The first-order chi connectivity index (χ1) is 7.22. The Labute approximate surface area is 92.8 Å². The Bertz CT molecular complexity index is 247. The van der Waals surface area contributed by atoms with E-state index in [2.05, 4.69) is 36.7 Å². The Kier molecular flexibility index (Phi) is 4.56. The van der Waals surface area contributed by atoms with Crippen molar-refractivity contribution in [2.75, 3.05) is 19.6 Å². The van der Waals surface area contributed by atoms with E-state index in [0.29, 0.717) is 11.9 Å². The Hall–Kier alpha value is -1.09. The van der Waals surface area contributed by atoms with Gasteiger partial charge in [0.1, 0.15) is 5.82 Å². The van der Waals surface area contributed by atoms with Gasteiger partial charge < -0.3 is 4.90 Å². The summed E-state index contributed by atoms with van der Waals surface area (Å²) in [5.41, 5.74) is 0. The number of aliphatic imine (C=N–C) groups is 1. The van der Waals surface area contributed by atoms with Gasteiger partial charge in [-0.1, -0.05) is 20.1 Å². The normalized spacial score (nSPS) is 21.3. The van der Waals surface area contributed by atoms with Crippen LogP contribution in [0.4, 0.5) is 0 Å². The monoisotopic (exact) mass is 207 g/mol. The van der Waals surface area contributed by atoms with Gasteiger partial charge in [-0.25, -0.2) is 4.99 Å². The SMILES string of the molecule is C=CN(CC1CCCN1CC)C(=C)N=C. The molecule has 1 fully saturated rings. The van der Waals surface area contributed by atoms with Crippen LogP contribution in [-0.2, 0) is 0 Å². The zero-order valence-electron chi connectivity index (χ0n) is 9.65. The molecule has 0 aliphatic carbocycles. The summed E-state index contributed by atoms with van der Waals surface area (Å²) in [5.74, 6) is 0.688. The molecule has 84 valence electrons. The molecule has 1 unspecified atom stereocenters. The lowest BCUT2D eigenvalue weighted by Crippen LogP contribution is -2.37. The minimum absolute atomic E-state index is 0.603. The first-order valence-electron chi connectivity index (χ1n) is 5.51. The largest absolute Gasteiger partial charge is 0.333 e. The summed E-state index contributed by atoms with van der Waals surface area (Å²) in [4.78, 5) is 8.32. The number of nitrogens with zero attached hydrogens (tertiary/aromatic N) is 3. The molecule has 1 heterocycles. The Morgan fingerprint density at radius 3 is 2.93 bits per heavy atom. The molecule has 1 atom stereocenters. The van der Waals surface area contributed by atoms with Crippen LogP contribution >= 0.6 is 0 Å². The maximum Gasteiger partial charge on any atom is 0.124 e. The molecule has 0 spiro atoms. The fourth-order valence-corrected chi connectivity index (χ4v) is 2.12. The van der Waals surface area contributed by atoms with Gasteiger partial charge in [-0.2, -0.15) is 0 Å². The van der Waals surface area contributed by atoms with Crippen molar-refractivity contribution in [2.45, 2.75) is 25.8 Å². The summed E-state index contributed by atoms with van der Waals surface area (Å²) in [7, 11) is 0. The van der Waals surface area contributed by atoms with Crippen molar-refractivity contribution in [1.29, 1.82) is 0 Å². The Balaban J connectivity index is 2.54. The van der Waals surface area contributed by atoms with Gasteiger partial charge in [0.15, 0.2) is 0 Å². The molecule has 1 saturated heterocycles. The van der Waals surface area contributed by atoms with Crippen molar-refractivity contribution in [3.8, 4) is 0 Å². The molecule has 0 aromatic heterocycles. The molecule has 3 heteroatoms. The summed E-state index contributed by atoms with van der Waals surface area (Å²) in [6.45, 7) is 16.6. The topological polar surface area (TPSA) is 18.8 Å². The van der Waals surface area contributed by atoms with E-state index in [1.54, 1.807) is 6.20 Å². The van der Waals surface area contributed by atoms with Crippen molar-refractivity contribution in [2.24, 2.45) is 4.99 Å². The summed E-state index contributed by atoms with van der Waals surface area (Å²) in [6, 6.07) is 0.603. The predicted molar refractivity (Wildman–Crippen MR) is 65.9 cm³/mol. The van der Waals surface area contributed by atoms with Crippen molar-refractivity contribution in [3.63, 3.8) is 0 Å². The van der Waals surface area contributed by atoms with Crippen LogP contribution in [0.25, 0.3) is 0 Å². The van der Waals surface area contributed by atoms with Gasteiger partial charge in [0.25, 0.3) is 0 Å². The van der Waals surface area contributed by atoms with E-state index in [4.69, 9.17) is 0 Å². The van der Waals surface area contributed by atoms with Crippen LogP contribution in [0, 0.1) is 0 Å². The average molecular weight is 207 g/mol. The highest BCUT2D eigenvalue weighted by molar-refractivity contribution is 5.28. The van der Waals surface area contributed by atoms with Crippen LogP contribution in [0.15, 0.2) is 30.2 Å². The number of likely N-dealkylation sites (tertiary alicyclic amines) is 1. The second-order valence-corrected chi connectivity index (χ2v) is 3.83. The predicted octanol–water partition coefficient (Wildman–Crippen LogP) is 2.09. The van der Waals surface area contributed by atoms with E-state index in [1.165, 1.54) is 19.4 Å².